The predicted molar refractivity (Wildman–Crippen MR) is 70.3 cm³/mol. The van der Waals surface area contributed by atoms with E-state index in [1.165, 1.54) is 6.42 Å². The highest BCUT2D eigenvalue weighted by Gasteiger charge is 2.13. The van der Waals surface area contributed by atoms with Gasteiger partial charge in [-0.15, -0.1) is 0 Å². The Morgan fingerprint density at radius 2 is 2.06 bits per heavy atom. The first kappa shape index (κ1) is 13.2. The molecular formula is C14H21NO3. The lowest BCUT2D eigenvalue weighted by Gasteiger charge is -2.12. The molecule has 1 N–H and O–H groups in total. The van der Waals surface area contributed by atoms with Crippen molar-refractivity contribution in [2.75, 3.05) is 40.0 Å². The third-order valence-electron chi connectivity index (χ3n) is 3.07. The van der Waals surface area contributed by atoms with Crippen LogP contribution in [-0.4, -0.2) is 40.0 Å². The van der Waals surface area contributed by atoms with Crippen molar-refractivity contribution in [1.82, 2.24) is 5.32 Å². The van der Waals surface area contributed by atoms with Crippen LogP contribution in [0.15, 0.2) is 24.3 Å². The molecule has 1 unspecified atom stereocenters. The van der Waals surface area contributed by atoms with Crippen LogP contribution in [0.1, 0.15) is 6.42 Å². The van der Waals surface area contributed by atoms with Gasteiger partial charge in [0.05, 0.1) is 20.3 Å². The second-order valence-corrected chi connectivity index (χ2v) is 4.43. The van der Waals surface area contributed by atoms with Gasteiger partial charge >= 0.3 is 0 Å². The Morgan fingerprint density at radius 3 is 2.78 bits per heavy atom. The van der Waals surface area contributed by atoms with Gasteiger partial charge in [0.15, 0.2) is 11.5 Å². The quantitative estimate of drug-likeness (QED) is 0.749. The van der Waals surface area contributed by atoms with Crippen LogP contribution in [0.3, 0.4) is 0 Å². The largest absolute Gasteiger partial charge is 0.493 e. The van der Waals surface area contributed by atoms with E-state index in [2.05, 4.69) is 5.32 Å². The number of nitrogens with one attached hydrogen (secondary N) is 1. The molecular weight excluding hydrogens is 230 g/mol. The molecule has 1 atom stereocenters. The molecule has 18 heavy (non-hydrogen) atoms. The van der Waals surface area contributed by atoms with E-state index in [9.17, 15) is 0 Å². The summed E-state index contributed by atoms with van der Waals surface area (Å²) in [5.74, 6) is 2.19. The Bertz CT molecular complexity index is 351. The molecule has 0 aliphatic carbocycles. The highest BCUT2D eigenvalue weighted by atomic mass is 16.5. The number of rotatable bonds is 7. The molecule has 1 heterocycles. The zero-order chi connectivity index (χ0) is 12.6. The Labute approximate surface area is 108 Å². The van der Waals surface area contributed by atoms with Crippen LogP contribution in [0.25, 0.3) is 0 Å². The fourth-order valence-electron chi connectivity index (χ4n) is 2.06. The van der Waals surface area contributed by atoms with Crippen LogP contribution in [0.4, 0.5) is 0 Å². The van der Waals surface area contributed by atoms with E-state index in [1.54, 1.807) is 7.11 Å². The molecule has 1 saturated heterocycles. The fourth-order valence-corrected chi connectivity index (χ4v) is 2.06. The summed E-state index contributed by atoms with van der Waals surface area (Å²) >= 11 is 0. The third-order valence-corrected chi connectivity index (χ3v) is 3.07. The fraction of sp³-hybridized carbons (Fsp3) is 0.571. The van der Waals surface area contributed by atoms with Gasteiger partial charge in [-0.25, -0.2) is 0 Å². The maximum Gasteiger partial charge on any atom is 0.161 e. The SMILES string of the molecule is COc1ccccc1OCCOCC1CCNC1. The van der Waals surface area contributed by atoms with E-state index in [-0.39, 0.29) is 0 Å². The lowest BCUT2D eigenvalue weighted by Crippen LogP contribution is -2.16. The van der Waals surface area contributed by atoms with Gasteiger partial charge in [0, 0.05) is 6.54 Å². The molecule has 100 valence electrons. The van der Waals surface area contributed by atoms with Crippen LogP contribution < -0.4 is 14.8 Å². The molecule has 1 aliphatic rings. The smallest absolute Gasteiger partial charge is 0.161 e. The average molecular weight is 251 g/mol. The molecule has 0 saturated carbocycles. The van der Waals surface area contributed by atoms with Crippen LogP contribution >= 0.6 is 0 Å². The normalized spacial score (nSPS) is 18.8. The minimum atomic E-state index is 0.556. The standard InChI is InChI=1S/C14H21NO3/c1-16-13-4-2-3-5-14(13)18-9-8-17-11-12-6-7-15-10-12/h2-5,12,15H,6-11H2,1H3. The van der Waals surface area contributed by atoms with Gasteiger partial charge in [0.25, 0.3) is 0 Å². The molecule has 1 aromatic carbocycles. The Morgan fingerprint density at radius 1 is 1.22 bits per heavy atom. The van der Waals surface area contributed by atoms with Gasteiger partial charge in [-0.3, -0.25) is 0 Å². The average Bonchev–Trinajstić information content (AvgIpc) is 2.92. The van der Waals surface area contributed by atoms with Crippen molar-refractivity contribution in [1.29, 1.82) is 0 Å². The van der Waals surface area contributed by atoms with Crippen LogP contribution in [0.5, 0.6) is 11.5 Å². The maximum absolute atomic E-state index is 5.63. The number of benzene rings is 1. The first-order chi connectivity index (χ1) is 8.90. The first-order valence-electron chi connectivity index (χ1n) is 6.44. The number of para-hydroxylation sites is 2. The van der Waals surface area contributed by atoms with Crippen molar-refractivity contribution < 1.29 is 14.2 Å². The number of hydrogen-bond acceptors (Lipinski definition) is 4. The molecule has 0 bridgehead atoms. The number of hydrogen-bond donors (Lipinski definition) is 1. The molecule has 0 radical (unpaired) electrons. The number of methoxy groups -OCH3 is 1. The minimum Gasteiger partial charge on any atom is -0.493 e. The monoisotopic (exact) mass is 251 g/mol. The second-order valence-electron chi connectivity index (χ2n) is 4.43. The van der Waals surface area contributed by atoms with E-state index < -0.39 is 0 Å². The molecule has 4 heteroatoms. The summed E-state index contributed by atoms with van der Waals surface area (Å²) in [7, 11) is 1.64. The van der Waals surface area contributed by atoms with Gasteiger partial charge in [-0.2, -0.15) is 0 Å². The Kier molecular flexibility index (Phi) is 5.30. The molecule has 1 aliphatic heterocycles. The van der Waals surface area contributed by atoms with E-state index >= 15 is 0 Å². The van der Waals surface area contributed by atoms with Crippen molar-refractivity contribution in [3.63, 3.8) is 0 Å². The summed E-state index contributed by atoms with van der Waals surface area (Å²) in [5, 5.41) is 3.33. The van der Waals surface area contributed by atoms with Crippen LogP contribution in [-0.2, 0) is 4.74 Å². The summed E-state index contributed by atoms with van der Waals surface area (Å²) in [6, 6.07) is 7.65. The summed E-state index contributed by atoms with van der Waals surface area (Å²) in [4.78, 5) is 0. The van der Waals surface area contributed by atoms with E-state index in [0.29, 0.717) is 19.1 Å². The van der Waals surface area contributed by atoms with Crippen molar-refractivity contribution in [2.24, 2.45) is 5.92 Å². The first-order valence-corrected chi connectivity index (χ1v) is 6.44. The second kappa shape index (κ2) is 7.24. The summed E-state index contributed by atoms with van der Waals surface area (Å²) < 4.78 is 16.4. The molecule has 1 fully saturated rings. The molecule has 0 aromatic heterocycles. The predicted octanol–water partition coefficient (Wildman–Crippen LogP) is 1.70. The zero-order valence-corrected chi connectivity index (χ0v) is 10.9. The van der Waals surface area contributed by atoms with E-state index in [1.807, 2.05) is 24.3 Å². The molecule has 4 nitrogen and oxygen atoms in total. The van der Waals surface area contributed by atoms with Crippen LogP contribution in [0, 0.1) is 5.92 Å². The summed E-state index contributed by atoms with van der Waals surface area (Å²) in [5.41, 5.74) is 0. The van der Waals surface area contributed by atoms with Gasteiger partial charge in [0.2, 0.25) is 0 Å². The summed E-state index contributed by atoms with van der Waals surface area (Å²) in [6.07, 6.45) is 1.22. The maximum atomic E-state index is 5.63. The zero-order valence-electron chi connectivity index (χ0n) is 10.9. The molecule has 1 aromatic rings. The lowest BCUT2D eigenvalue weighted by atomic mass is 10.1. The number of ether oxygens (including phenoxy) is 3. The van der Waals surface area contributed by atoms with Gasteiger partial charge in [0.1, 0.15) is 6.61 Å². The Balaban J connectivity index is 1.62. The van der Waals surface area contributed by atoms with Crippen molar-refractivity contribution in [2.45, 2.75) is 6.42 Å². The highest BCUT2D eigenvalue weighted by molar-refractivity contribution is 5.39. The molecule has 0 spiro atoms. The topological polar surface area (TPSA) is 39.7 Å². The molecule has 0 amide bonds. The van der Waals surface area contributed by atoms with Gasteiger partial charge in [-0.05, 0) is 31.0 Å². The third kappa shape index (κ3) is 3.89. The highest BCUT2D eigenvalue weighted by Crippen LogP contribution is 2.25. The van der Waals surface area contributed by atoms with Crippen LogP contribution in [0.2, 0.25) is 0 Å². The lowest BCUT2D eigenvalue weighted by molar-refractivity contribution is 0.0775. The van der Waals surface area contributed by atoms with Gasteiger partial charge in [-0.1, -0.05) is 12.1 Å². The molecule has 2 rings (SSSR count). The van der Waals surface area contributed by atoms with Crippen molar-refractivity contribution >= 4 is 0 Å². The van der Waals surface area contributed by atoms with E-state index in [0.717, 1.165) is 31.2 Å². The van der Waals surface area contributed by atoms with Crippen molar-refractivity contribution in [3.8, 4) is 11.5 Å². The summed E-state index contributed by atoms with van der Waals surface area (Å²) in [6.45, 7) is 4.19. The minimum absolute atomic E-state index is 0.556. The Hall–Kier alpha value is -1.26. The van der Waals surface area contributed by atoms with Gasteiger partial charge < -0.3 is 19.5 Å². The van der Waals surface area contributed by atoms with Crippen molar-refractivity contribution in [3.05, 3.63) is 24.3 Å². The van der Waals surface area contributed by atoms with E-state index in [4.69, 9.17) is 14.2 Å².